The second kappa shape index (κ2) is 4.61. The lowest BCUT2D eigenvalue weighted by atomic mass is 10.1. The third kappa shape index (κ3) is 2.10. The first-order valence-electron chi connectivity index (χ1n) is 5.93. The van der Waals surface area contributed by atoms with E-state index in [1.165, 1.54) is 12.1 Å². The Hall–Kier alpha value is -2.55. The Balaban J connectivity index is 2.26. The van der Waals surface area contributed by atoms with E-state index in [-0.39, 0.29) is 5.82 Å². The fraction of sp³-hybridized carbons (Fsp3) is 0. The van der Waals surface area contributed by atoms with Crippen molar-refractivity contribution < 1.29 is 4.39 Å². The lowest BCUT2D eigenvalue weighted by Gasteiger charge is -2.07. The highest BCUT2D eigenvalue weighted by atomic mass is 19.1. The summed E-state index contributed by atoms with van der Waals surface area (Å²) in [5.74, 6) is -0.266. The molecule has 0 amide bonds. The highest BCUT2D eigenvalue weighted by Crippen LogP contribution is 2.24. The molecule has 0 radical (unpaired) electrons. The van der Waals surface area contributed by atoms with Crippen molar-refractivity contribution in [2.75, 3.05) is 0 Å². The van der Waals surface area contributed by atoms with Crippen LogP contribution in [-0.4, -0.2) is 9.97 Å². The molecule has 0 saturated heterocycles. The van der Waals surface area contributed by atoms with Crippen LogP contribution >= 0.6 is 0 Å². The van der Waals surface area contributed by atoms with Gasteiger partial charge in [-0.25, -0.2) is 14.4 Å². The van der Waals surface area contributed by atoms with Crippen LogP contribution in [0.2, 0.25) is 0 Å². The summed E-state index contributed by atoms with van der Waals surface area (Å²) in [7, 11) is 0. The molecule has 0 spiro atoms. The zero-order chi connectivity index (χ0) is 13.2. The predicted molar refractivity (Wildman–Crippen MR) is 75.0 cm³/mol. The number of fused-ring (bicyclic) bond motifs is 1. The second-order valence-corrected chi connectivity index (χ2v) is 4.16. The fourth-order valence-corrected chi connectivity index (χ4v) is 1.98. The Bertz CT molecular complexity index is 748. The van der Waals surface area contributed by atoms with Crippen LogP contribution in [0.5, 0.6) is 0 Å². The smallest absolute Gasteiger partial charge is 0.123 e. The molecule has 0 saturated carbocycles. The average Bonchev–Trinajstić information content (AvgIpc) is 2.46. The highest BCUT2D eigenvalue weighted by molar-refractivity contribution is 5.81. The number of halogens is 1. The van der Waals surface area contributed by atoms with Gasteiger partial charge in [0.1, 0.15) is 5.82 Å². The van der Waals surface area contributed by atoms with Gasteiger partial charge in [-0.15, -0.1) is 0 Å². The summed E-state index contributed by atoms with van der Waals surface area (Å²) in [6.45, 7) is 3.76. The highest BCUT2D eigenvalue weighted by Gasteiger charge is 2.08. The standard InChI is InChI=1S/C16H11FN2/c1-2-13-16(11-7-9-12(17)10-8-11)19-15-6-4-3-5-14(15)18-13/h2-10H,1H2. The van der Waals surface area contributed by atoms with Crippen LogP contribution in [0.25, 0.3) is 28.4 Å². The minimum absolute atomic E-state index is 0.266. The van der Waals surface area contributed by atoms with Crippen molar-refractivity contribution in [3.05, 3.63) is 66.6 Å². The van der Waals surface area contributed by atoms with Crippen molar-refractivity contribution in [1.29, 1.82) is 0 Å². The Morgan fingerprint density at radius 3 is 2.16 bits per heavy atom. The lowest BCUT2D eigenvalue weighted by Crippen LogP contribution is -1.94. The molecule has 1 aromatic heterocycles. The molecular weight excluding hydrogens is 239 g/mol. The van der Waals surface area contributed by atoms with Crippen LogP contribution in [0, 0.1) is 5.82 Å². The van der Waals surface area contributed by atoms with Crippen molar-refractivity contribution in [1.82, 2.24) is 9.97 Å². The van der Waals surface area contributed by atoms with Gasteiger partial charge in [0.25, 0.3) is 0 Å². The third-order valence-corrected chi connectivity index (χ3v) is 2.91. The summed E-state index contributed by atoms with van der Waals surface area (Å²) in [5, 5.41) is 0. The predicted octanol–water partition coefficient (Wildman–Crippen LogP) is 4.08. The molecule has 0 aliphatic heterocycles. The van der Waals surface area contributed by atoms with Gasteiger partial charge in [-0.3, -0.25) is 0 Å². The van der Waals surface area contributed by atoms with Crippen molar-refractivity contribution in [2.24, 2.45) is 0 Å². The largest absolute Gasteiger partial charge is 0.245 e. The summed E-state index contributed by atoms with van der Waals surface area (Å²) in [4.78, 5) is 9.11. The van der Waals surface area contributed by atoms with E-state index in [1.807, 2.05) is 24.3 Å². The molecule has 19 heavy (non-hydrogen) atoms. The van der Waals surface area contributed by atoms with Crippen molar-refractivity contribution in [3.8, 4) is 11.3 Å². The van der Waals surface area contributed by atoms with Crippen LogP contribution in [0.15, 0.2) is 55.1 Å². The first kappa shape index (κ1) is 11.5. The molecule has 3 rings (SSSR count). The van der Waals surface area contributed by atoms with E-state index in [2.05, 4.69) is 16.5 Å². The fourth-order valence-electron chi connectivity index (χ4n) is 1.98. The molecule has 92 valence electrons. The number of rotatable bonds is 2. The van der Waals surface area contributed by atoms with Gasteiger partial charge in [-0.05, 0) is 42.5 Å². The second-order valence-electron chi connectivity index (χ2n) is 4.16. The SMILES string of the molecule is C=Cc1nc2ccccc2nc1-c1ccc(F)cc1. The van der Waals surface area contributed by atoms with Crippen LogP contribution in [0.3, 0.4) is 0 Å². The van der Waals surface area contributed by atoms with E-state index in [9.17, 15) is 4.39 Å². The molecule has 3 aromatic rings. The van der Waals surface area contributed by atoms with Crippen molar-refractivity contribution in [3.63, 3.8) is 0 Å². The molecule has 0 aliphatic carbocycles. The number of para-hydroxylation sites is 2. The molecule has 0 bridgehead atoms. The van der Waals surface area contributed by atoms with E-state index >= 15 is 0 Å². The Morgan fingerprint density at radius 1 is 0.895 bits per heavy atom. The van der Waals surface area contributed by atoms with Gasteiger partial charge in [-0.2, -0.15) is 0 Å². The summed E-state index contributed by atoms with van der Waals surface area (Å²) < 4.78 is 13.0. The van der Waals surface area contributed by atoms with Gasteiger partial charge in [0, 0.05) is 5.56 Å². The van der Waals surface area contributed by atoms with E-state index in [4.69, 9.17) is 0 Å². The zero-order valence-corrected chi connectivity index (χ0v) is 10.2. The van der Waals surface area contributed by atoms with Gasteiger partial charge in [-0.1, -0.05) is 18.7 Å². The van der Waals surface area contributed by atoms with E-state index in [0.717, 1.165) is 16.6 Å². The third-order valence-electron chi connectivity index (χ3n) is 2.91. The summed E-state index contributed by atoms with van der Waals surface area (Å²) in [6, 6.07) is 13.9. The van der Waals surface area contributed by atoms with Crippen LogP contribution < -0.4 is 0 Å². The van der Waals surface area contributed by atoms with E-state index in [0.29, 0.717) is 11.4 Å². The Morgan fingerprint density at radius 2 is 1.53 bits per heavy atom. The van der Waals surface area contributed by atoms with Crippen LogP contribution in [-0.2, 0) is 0 Å². The van der Waals surface area contributed by atoms with E-state index < -0.39 is 0 Å². The molecular formula is C16H11FN2. The molecule has 2 nitrogen and oxygen atoms in total. The topological polar surface area (TPSA) is 25.8 Å². The molecule has 0 aliphatic rings. The molecule has 1 heterocycles. The molecule has 3 heteroatoms. The summed E-state index contributed by atoms with van der Waals surface area (Å²) in [5.41, 5.74) is 3.88. The normalized spacial score (nSPS) is 10.6. The summed E-state index contributed by atoms with van der Waals surface area (Å²) in [6.07, 6.45) is 1.66. The number of hydrogen-bond acceptors (Lipinski definition) is 2. The lowest BCUT2D eigenvalue weighted by molar-refractivity contribution is 0.628. The van der Waals surface area contributed by atoms with Gasteiger partial charge in [0.15, 0.2) is 0 Å². The molecule has 2 aromatic carbocycles. The van der Waals surface area contributed by atoms with Gasteiger partial charge >= 0.3 is 0 Å². The van der Waals surface area contributed by atoms with Crippen LogP contribution in [0.1, 0.15) is 5.69 Å². The van der Waals surface area contributed by atoms with E-state index in [1.54, 1.807) is 18.2 Å². The molecule has 0 atom stereocenters. The first-order chi connectivity index (χ1) is 9.28. The first-order valence-corrected chi connectivity index (χ1v) is 5.93. The number of nitrogens with zero attached hydrogens (tertiary/aromatic N) is 2. The minimum atomic E-state index is -0.266. The van der Waals surface area contributed by atoms with Crippen molar-refractivity contribution in [2.45, 2.75) is 0 Å². The Labute approximate surface area is 110 Å². The maximum Gasteiger partial charge on any atom is 0.123 e. The van der Waals surface area contributed by atoms with Gasteiger partial charge < -0.3 is 0 Å². The number of hydrogen-bond donors (Lipinski definition) is 0. The minimum Gasteiger partial charge on any atom is -0.245 e. The summed E-state index contributed by atoms with van der Waals surface area (Å²) >= 11 is 0. The monoisotopic (exact) mass is 250 g/mol. The number of aromatic nitrogens is 2. The van der Waals surface area contributed by atoms with Crippen molar-refractivity contribution >= 4 is 17.1 Å². The maximum absolute atomic E-state index is 13.0. The molecule has 0 N–H and O–H groups in total. The zero-order valence-electron chi connectivity index (χ0n) is 10.2. The van der Waals surface area contributed by atoms with Gasteiger partial charge in [0.05, 0.1) is 22.4 Å². The van der Waals surface area contributed by atoms with Crippen LogP contribution in [0.4, 0.5) is 4.39 Å². The molecule has 0 unspecified atom stereocenters. The van der Waals surface area contributed by atoms with Gasteiger partial charge in [0.2, 0.25) is 0 Å². The Kier molecular flexibility index (Phi) is 2.80. The number of benzene rings is 2. The maximum atomic E-state index is 13.0. The average molecular weight is 250 g/mol. The molecule has 0 fully saturated rings. The quantitative estimate of drug-likeness (QED) is 0.685.